The highest BCUT2D eigenvalue weighted by molar-refractivity contribution is 7.80. The van der Waals surface area contributed by atoms with Crippen LogP contribution in [0.5, 0.6) is 0 Å². The monoisotopic (exact) mass is 436 g/mol. The summed E-state index contributed by atoms with van der Waals surface area (Å²) in [7, 11) is 0. The zero-order valence-corrected chi connectivity index (χ0v) is 16.5. The van der Waals surface area contributed by atoms with E-state index in [9.17, 15) is 18.8 Å². The SMILES string of the molecule is O=C1NC(=S)N(c2ccc(F)cc2)C(=O)C1=Cc1ccc(-c2cccc(C(=O)O)c2)o1. The summed E-state index contributed by atoms with van der Waals surface area (Å²) in [5.41, 5.74) is 0.697. The number of carbonyl (C=O) groups excluding carboxylic acids is 2. The highest BCUT2D eigenvalue weighted by atomic mass is 32.1. The van der Waals surface area contributed by atoms with Gasteiger partial charge in [0.25, 0.3) is 11.8 Å². The van der Waals surface area contributed by atoms with E-state index >= 15 is 0 Å². The van der Waals surface area contributed by atoms with Gasteiger partial charge in [-0.2, -0.15) is 0 Å². The zero-order valence-electron chi connectivity index (χ0n) is 15.7. The standard InChI is InChI=1S/C22H13FN2O5S/c23-14-4-6-15(7-5-14)25-20(27)17(19(26)24-22(25)31)11-16-8-9-18(30-16)12-2-1-3-13(10-12)21(28)29/h1-11H,(H,28,29)(H,24,26,31). The van der Waals surface area contributed by atoms with Gasteiger partial charge in [-0.15, -0.1) is 0 Å². The summed E-state index contributed by atoms with van der Waals surface area (Å²) < 4.78 is 18.9. The van der Waals surface area contributed by atoms with Gasteiger partial charge in [-0.1, -0.05) is 12.1 Å². The Morgan fingerprint density at radius 1 is 1.10 bits per heavy atom. The summed E-state index contributed by atoms with van der Waals surface area (Å²) in [4.78, 5) is 37.6. The van der Waals surface area contributed by atoms with Gasteiger partial charge in [0, 0.05) is 5.56 Å². The third kappa shape index (κ3) is 3.99. The maximum absolute atomic E-state index is 13.2. The number of carboxylic acids is 1. The van der Waals surface area contributed by atoms with Crippen LogP contribution in [-0.4, -0.2) is 28.0 Å². The van der Waals surface area contributed by atoms with Crippen molar-refractivity contribution in [2.24, 2.45) is 0 Å². The smallest absolute Gasteiger partial charge is 0.335 e. The Morgan fingerprint density at radius 3 is 2.55 bits per heavy atom. The Kier molecular flexibility index (Phi) is 5.18. The lowest BCUT2D eigenvalue weighted by Gasteiger charge is -2.28. The highest BCUT2D eigenvalue weighted by Crippen LogP contribution is 2.26. The minimum absolute atomic E-state index is 0.0964. The van der Waals surface area contributed by atoms with Crippen LogP contribution in [0.2, 0.25) is 0 Å². The van der Waals surface area contributed by atoms with Crippen molar-refractivity contribution in [2.75, 3.05) is 4.90 Å². The number of nitrogens with one attached hydrogen (secondary N) is 1. The van der Waals surface area contributed by atoms with E-state index < -0.39 is 23.6 Å². The lowest BCUT2D eigenvalue weighted by Crippen LogP contribution is -2.54. The first kappa shape index (κ1) is 20.2. The number of hydrogen-bond acceptors (Lipinski definition) is 5. The molecule has 2 amide bonds. The molecule has 0 spiro atoms. The van der Waals surface area contributed by atoms with Gasteiger partial charge >= 0.3 is 5.97 Å². The van der Waals surface area contributed by atoms with Crippen molar-refractivity contribution < 1.29 is 28.3 Å². The van der Waals surface area contributed by atoms with Crippen molar-refractivity contribution in [3.8, 4) is 11.3 Å². The van der Waals surface area contributed by atoms with E-state index in [1.54, 1.807) is 24.3 Å². The molecule has 1 aromatic heterocycles. The van der Waals surface area contributed by atoms with Crippen LogP contribution in [0.3, 0.4) is 0 Å². The van der Waals surface area contributed by atoms with Gasteiger partial charge in [0.05, 0.1) is 11.3 Å². The molecule has 0 aliphatic carbocycles. The number of furan rings is 1. The second-order valence-electron chi connectivity index (χ2n) is 6.52. The van der Waals surface area contributed by atoms with Gasteiger partial charge in [-0.3, -0.25) is 19.8 Å². The van der Waals surface area contributed by atoms with E-state index in [0.29, 0.717) is 17.0 Å². The van der Waals surface area contributed by atoms with Crippen LogP contribution in [0, 0.1) is 5.82 Å². The number of nitrogens with zero attached hydrogens (tertiary/aromatic N) is 1. The Balaban J connectivity index is 1.66. The maximum Gasteiger partial charge on any atom is 0.335 e. The predicted octanol–water partition coefficient (Wildman–Crippen LogP) is 3.62. The molecule has 0 unspecified atom stereocenters. The van der Waals surface area contributed by atoms with Crippen molar-refractivity contribution in [3.05, 3.63) is 83.4 Å². The molecule has 0 bridgehead atoms. The third-order valence-electron chi connectivity index (χ3n) is 4.49. The van der Waals surface area contributed by atoms with E-state index in [-0.39, 0.29) is 22.0 Å². The normalized spacial score (nSPS) is 15.3. The molecule has 9 heteroatoms. The number of anilines is 1. The van der Waals surface area contributed by atoms with Gasteiger partial charge in [0.1, 0.15) is 22.9 Å². The number of benzene rings is 2. The summed E-state index contributed by atoms with van der Waals surface area (Å²) in [5.74, 6) is -2.36. The second kappa shape index (κ2) is 7.96. The number of hydrogen-bond donors (Lipinski definition) is 2. The van der Waals surface area contributed by atoms with Crippen LogP contribution in [0.1, 0.15) is 16.1 Å². The Bertz CT molecular complexity index is 1260. The molecule has 2 N–H and O–H groups in total. The fourth-order valence-corrected chi connectivity index (χ4v) is 3.30. The van der Waals surface area contributed by atoms with E-state index in [2.05, 4.69) is 5.32 Å². The molecular formula is C22H13FN2O5S. The average Bonchev–Trinajstić information content (AvgIpc) is 3.21. The van der Waals surface area contributed by atoms with E-state index in [1.165, 1.54) is 42.5 Å². The van der Waals surface area contributed by atoms with Crippen molar-refractivity contribution in [1.29, 1.82) is 0 Å². The number of amides is 2. The summed E-state index contributed by atoms with van der Waals surface area (Å²) in [6.07, 6.45) is 1.26. The first-order chi connectivity index (χ1) is 14.8. The lowest BCUT2D eigenvalue weighted by atomic mass is 10.1. The number of carbonyl (C=O) groups is 3. The predicted molar refractivity (Wildman–Crippen MR) is 114 cm³/mol. The second-order valence-corrected chi connectivity index (χ2v) is 6.91. The van der Waals surface area contributed by atoms with Gasteiger partial charge in [0.2, 0.25) is 0 Å². The first-order valence-corrected chi connectivity index (χ1v) is 9.35. The molecule has 0 saturated carbocycles. The average molecular weight is 436 g/mol. The quantitative estimate of drug-likeness (QED) is 0.368. The molecule has 2 aromatic carbocycles. The summed E-state index contributed by atoms with van der Waals surface area (Å²) in [5, 5.41) is 11.4. The Hall–Kier alpha value is -4.11. The zero-order chi connectivity index (χ0) is 22.1. The van der Waals surface area contributed by atoms with E-state index in [0.717, 1.165) is 4.90 Å². The molecule has 1 saturated heterocycles. The van der Waals surface area contributed by atoms with Gasteiger partial charge in [0.15, 0.2) is 5.11 Å². The molecule has 0 atom stereocenters. The molecule has 154 valence electrons. The third-order valence-corrected chi connectivity index (χ3v) is 4.78. The van der Waals surface area contributed by atoms with Crippen molar-refractivity contribution in [2.45, 2.75) is 0 Å². The molecule has 1 aliphatic heterocycles. The topological polar surface area (TPSA) is 99.9 Å². The number of thiocarbonyl (C=S) groups is 1. The molecule has 1 aliphatic rings. The van der Waals surface area contributed by atoms with Crippen LogP contribution < -0.4 is 10.2 Å². The van der Waals surface area contributed by atoms with E-state index in [1.807, 2.05) is 0 Å². The summed E-state index contributed by atoms with van der Waals surface area (Å²) >= 11 is 5.10. The Morgan fingerprint density at radius 2 is 1.84 bits per heavy atom. The fourth-order valence-electron chi connectivity index (χ4n) is 3.02. The van der Waals surface area contributed by atoms with Crippen LogP contribution in [0.15, 0.2) is 70.7 Å². The lowest BCUT2D eigenvalue weighted by molar-refractivity contribution is -0.122. The molecule has 3 aromatic rings. The molecular weight excluding hydrogens is 423 g/mol. The Labute approximate surface area is 180 Å². The maximum atomic E-state index is 13.2. The fraction of sp³-hybridized carbons (Fsp3) is 0. The summed E-state index contributed by atoms with van der Waals surface area (Å²) in [6, 6.07) is 14.4. The number of aromatic carboxylic acids is 1. The van der Waals surface area contributed by atoms with Gasteiger partial charge in [-0.25, -0.2) is 9.18 Å². The minimum atomic E-state index is -1.07. The van der Waals surface area contributed by atoms with Crippen molar-refractivity contribution in [1.82, 2.24) is 5.32 Å². The first-order valence-electron chi connectivity index (χ1n) is 8.94. The molecule has 1 fully saturated rings. The molecule has 0 radical (unpaired) electrons. The minimum Gasteiger partial charge on any atom is -0.478 e. The van der Waals surface area contributed by atoms with Crippen molar-refractivity contribution in [3.63, 3.8) is 0 Å². The van der Waals surface area contributed by atoms with Crippen molar-refractivity contribution >= 4 is 46.9 Å². The van der Waals surface area contributed by atoms with Gasteiger partial charge < -0.3 is 9.52 Å². The molecule has 7 nitrogen and oxygen atoms in total. The number of carboxylic acid groups (broad SMARTS) is 1. The largest absolute Gasteiger partial charge is 0.478 e. The van der Waals surface area contributed by atoms with Crippen LogP contribution in [0.4, 0.5) is 10.1 Å². The molecule has 4 rings (SSSR count). The molecule has 31 heavy (non-hydrogen) atoms. The molecule has 2 heterocycles. The summed E-state index contributed by atoms with van der Waals surface area (Å²) in [6.45, 7) is 0. The highest BCUT2D eigenvalue weighted by Gasteiger charge is 2.34. The van der Waals surface area contributed by atoms with Gasteiger partial charge in [-0.05, 0) is 66.8 Å². The number of halogens is 1. The van der Waals surface area contributed by atoms with E-state index in [4.69, 9.17) is 21.7 Å². The number of rotatable bonds is 4. The van der Waals surface area contributed by atoms with Crippen LogP contribution in [0.25, 0.3) is 17.4 Å². The van der Waals surface area contributed by atoms with Crippen LogP contribution in [-0.2, 0) is 9.59 Å². The van der Waals surface area contributed by atoms with Crippen LogP contribution >= 0.6 is 12.2 Å².